The van der Waals surface area contributed by atoms with Gasteiger partial charge in [-0.25, -0.2) is 0 Å². The second-order valence-electron chi connectivity index (χ2n) is 4.74. The molecular formula is C14H19N3OS2. The minimum atomic E-state index is 0.591. The molecule has 0 saturated heterocycles. The van der Waals surface area contributed by atoms with E-state index in [1.165, 1.54) is 11.3 Å². The number of ether oxygens (including phenoxy) is 1. The molecule has 4 nitrogen and oxygen atoms in total. The van der Waals surface area contributed by atoms with Crippen LogP contribution in [0.25, 0.3) is 0 Å². The van der Waals surface area contributed by atoms with Crippen molar-refractivity contribution in [2.24, 2.45) is 5.92 Å². The lowest BCUT2D eigenvalue weighted by atomic mass is 10.2. The summed E-state index contributed by atoms with van der Waals surface area (Å²) >= 11 is 3.14. The maximum absolute atomic E-state index is 5.80. The summed E-state index contributed by atoms with van der Waals surface area (Å²) in [6, 6.07) is 7.94. The van der Waals surface area contributed by atoms with Gasteiger partial charge < -0.3 is 10.1 Å². The zero-order chi connectivity index (χ0) is 14.4. The quantitative estimate of drug-likeness (QED) is 0.788. The van der Waals surface area contributed by atoms with Crippen molar-refractivity contribution in [3.63, 3.8) is 0 Å². The van der Waals surface area contributed by atoms with Crippen LogP contribution in [0.4, 0.5) is 0 Å². The van der Waals surface area contributed by atoms with E-state index in [0.717, 1.165) is 28.7 Å². The first kappa shape index (κ1) is 15.3. The van der Waals surface area contributed by atoms with Gasteiger partial charge in [0, 0.05) is 11.4 Å². The Morgan fingerprint density at radius 3 is 2.85 bits per heavy atom. The number of hydrogen-bond donors (Lipinski definition) is 1. The van der Waals surface area contributed by atoms with Crippen molar-refractivity contribution in [3.05, 3.63) is 29.3 Å². The first-order chi connectivity index (χ1) is 9.69. The average molecular weight is 309 g/mol. The Kier molecular flexibility index (Phi) is 5.82. The fourth-order valence-corrected chi connectivity index (χ4v) is 2.81. The summed E-state index contributed by atoms with van der Waals surface area (Å²) in [4.78, 5) is 1.10. The molecule has 0 radical (unpaired) electrons. The molecule has 20 heavy (non-hydrogen) atoms. The van der Waals surface area contributed by atoms with Crippen LogP contribution in [0.1, 0.15) is 18.9 Å². The minimum absolute atomic E-state index is 0.591. The molecule has 0 bridgehead atoms. The highest BCUT2D eigenvalue weighted by atomic mass is 32.2. The Balaban J connectivity index is 1.95. The van der Waals surface area contributed by atoms with Crippen molar-refractivity contribution in [2.75, 3.05) is 12.8 Å². The summed E-state index contributed by atoms with van der Waals surface area (Å²) in [5.41, 5.74) is 0. The van der Waals surface area contributed by atoms with Gasteiger partial charge in [0.15, 0.2) is 0 Å². The lowest BCUT2D eigenvalue weighted by Gasteiger charge is -2.05. The Hall–Kier alpha value is -1.11. The summed E-state index contributed by atoms with van der Waals surface area (Å²) in [7, 11) is 0. The molecule has 1 aromatic heterocycles. The summed E-state index contributed by atoms with van der Waals surface area (Å²) in [6.07, 6.45) is 2.03. The number of thioether (sulfide) groups is 1. The van der Waals surface area contributed by atoms with Gasteiger partial charge in [-0.2, -0.15) is 0 Å². The number of para-hydroxylation sites is 1. The molecule has 0 aliphatic heterocycles. The first-order valence-electron chi connectivity index (χ1n) is 6.53. The van der Waals surface area contributed by atoms with Gasteiger partial charge in [-0.3, -0.25) is 0 Å². The van der Waals surface area contributed by atoms with Crippen molar-refractivity contribution in [1.29, 1.82) is 0 Å². The summed E-state index contributed by atoms with van der Waals surface area (Å²) in [5, 5.41) is 13.1. The normalized spacial score (nSPS) is 11.0. The first-order valence-corrected chi connectivity index (χ1v) is 8.57. The van der Waals surface area contributed by atoms with Crippen molar-refractivity contribution in [2.45, 2.75) is 25.3 Å². The predicted molar refractivity (Wildman–Crippen MR) is 84.8 cm³/mol. The van der Waals surface area contributed by atoms with Gasteiger partial charge in [0.05, 0.1) is 0 Å². The summed E-state index contributed by atoms with van der Waals surface area (Å²) < 4.78 is 5.80. The number of benzene rings is 1. The topological polar surface area (TPSA) is 47.0 Å². The van der Waals surface area contributed by atoms with Crippen molar-refractivity contribution < 1.29 is 4.74 Å². The Morgan fingerprint density at radius 1 is 1.30 bits per heavy atom. The van der Waals surface area contributed by atoms with E-state index < -0.39 is 0 Å². The highest BCUT2D eigenvalue weighted by Gasteiger charge is 2.09. The second-order valence-corrected chi connectivity index (χ2v) is 6.61. The summed E-state index contributed by atoms with van der Waals surface area (Å²) in [5.74, 6) is 1.46. The van der Waals surface area contributed by atoms with Gasteiger partial charge in [-0.15, -0.1) is 16.9 Å². The smallest absolute Gasteiger partial charge is 0.299 e. The van der Waals surface area contributed by atoms with Gasteiger partial charge >= 0.3 is 0 Å². The van der Waals surface area contributed by atoms with E-state index in [-0.39, 0.29) is 0 Å². The number of nitrogens with one attached hydrogen (secondary N) is 1. The van der Waals surface area contributed by atoms with Gasteiger partial charge in [-0.1, -0.05) is 42.4 Å². The molecule has 0 spiro atoms. The molecule has 2 aromatic rings. The van der Waals surface area contributed by atoms with Crippen LogP contribution < -0.4 is 10.1 Å². The number of nitrogens with zero attached hydrogens (tertiary/aromatic N) is 2. The van der Waals surface area contributed by atoms with Crippen LogP contribution in [0, 0.1) is 5.92 Å². The van der Waals surface area contributed by atoms with Crippen LogP contribution in [0.3, 0.4) is 0 Å². The van der Waals surface area contributed by atoms with E-state index in [2.05, 4.69) is 29.4 Å². The van der Waals surface area contributed by atoms with Gasteiger partial charge in [0.2, 0.25) is 0 Å². The number of rotatable bonds is 7. The molecule has 1 heterocycles. The molecule has 1 N–H and O–H groups in total. The Morgan fingerprint density at radius 2 is 2.10 bits per heavy atom. The lowest BCUT2D eigenvalue weighted by Crippen LogP contribution is -2.18. The molecular weight excluding hydrogens is 290 g/mol. The van der Waals surface area contributed by atoms with Crippen LogP contribution in [-0.4, -0.2) is 23.0 Å². The molecule has 0 unspecified atom stereocenters. The molecule has 0 saturated carbocycles. The van der Waals surface area contributed by atoms with Gasteiger partial charge in [-0.05, 0) is 30.9 Å². The highest BCUT2D eigenvalue weighted by molar-refractivity contribution is 7.98. The van der Waals surface area contributed by atoms with Crippen molar-refractivity contribution >= 4 is 23.1 Å². The molecule has 0 aliphatic carbocycles. The fourth-order valence-electron chi connectivity index (χ4n) is 1.62. The van der Waals surface area contributed by atoms with E-state index >= 15 is 0 Å². The van der Waals surface area contributed by atoms with Crippen LogP contribution >= 0.6 is 23.1 Å². The lowest BCUT2D eigenvalue weighted by molar-refractivity contribution is 0.462. The van der Waals surface area contributed by atoms with Crippen molar-refractivity contribution in [3.8, 4) is 10.9 Å². The zero-order valence-corrected chi connectivity index (χ0v) is 13.6. The number of aromatic nitrogens is 2. The zero-order valence-electron chi connectivity index (χ0n) is 11.9. The van der Waals surface area contributed by atoms with E-state index in [9.17, 15) is 0 Å². The largest absolute Gasteiger partial charge is 0.429 e. The third-order valence-electron chi connectivity index (χ3n) is 2.54. The molecule has 1 aromatic carbocycles. The maximum Gasteiger partial charge on any atom is 0.299 e. The molecule has 108 valence electrons. The summed E-state index contributed by atoms with van der Waals surface area (Å²) in [6.45, 7) is 6.08. The minimum Gasteiger partial charge on any atom is -0.429 e. The maximum atomic E-state index is 5.80. The molecule has 6 heteroatoms. The number of hydrogen-bond acceptors (Lipinski definition) is 6. The van der Waals surface area contributed by atoms with Crippen LogP contribution in [-0.2, 0) is 6.54 Å². The standard InChI is InChI=1S/C14H19N3OS2/c1-10(2)8-15-9-13-16-17-14(20-13)18-11-6-4-5-7-12(11)19-3/h4-7,10,15H,8-9H2,1-3H3. The Labute approximate surface area is 128 Å². The molecule has 0 amide bonds. The van der Waals surface area contributed by atoms with Crippen LogP contribution in [0.2, 0.25) is 0 Å². The van der Waals surface area contributed by atoms with Crippen LogP contribution in [0.15, 0.2) is 29.2 Å². The highest BCUT2D eigenvalue weighted by Crippen LogP contribution is 2.32. The van der Waals surface area contributed by atoms with E-state index in [4.69, 9.17) is 4.74 Å². The predicted octanol–water partition coefficient (Wildman–Crippen LogP) is 3.80. The average Bonchev–Trinajstić information content (AvgIpc) is 2.86. The monoisotopic (exact) mass is 309 g/mol. The van der Waals surface area contributed by atoms with E-state index in [0.29, 0.717) is 11.1 Å². The second kappa shape index (κ2) is 7.61. The molecule has 0 atom stereocenters. The van der Waals surface area contributed by atoms with Crippen molar-refractivity contribution in [1.82, 2.24) is 15.5 Å². The molecule has 0 fully saturated rings. The van der Waals surface area contributed by atoms with E-state index in [1.807, 2.05) is 30.5 Å². The third-order valence-corrected chi connectivity index (χ3v) is 4.12. The SMILES string of the molecule is CSc1ccccc1Oc1nnc(CNCC(C)C)s1. The molecule has 2 rings (SSSR count). The third kappa shape index (κ3) is 4.47. The van der Waals surface area contributed by atoms with E-state index in [1.54, 1.807) is 11.8 Å². The molecule has 0 aliphatic rings. The fraction of sp³-hybridized carbons (Fsp3) is 0.429. The Bertz CT molecular complexity index is 543. The van der Waals surface area contributed by atoms with Gasteiger partial charge in [0.1, 0.15) is 10.8 Å². The van der Waals surface area contributed by atoms with Crippen LogP contribution in [0.5, 0.6) is 10.9 Å². The van der Waals surface area contributed by atoms with Gasteiger partial charge in [0.25, 0.3) is 5.19 Å².